The molecule has 2 saturated heterocycles. The highest BCUT2D eigenvalue weighted by Gasteiger charge is 2.36. The van der Waals surface area contributed by atoms with Gasteiger partial charge in [-0.2, -0.15) is 4.72 Å². The zero-order valence-corrected chi connectivity index (χ0v) is 18.9. The second kappa shape index (κ2) is 10.1. The number of β-amino-alcohol motifs (C(OH)–C–C–N with tert-alkyl or cyclic N) is 1. The van der Waals surface area contributed by atoms with Crippen LogP contribution in [0.2, 0.25) is 5.02 Å². The lowest BCUT2D eigenvalue weighted by atomic mass is 10.2. The molecule has 176 valence electrons. The maximum atomic E-state index is 13.0. The van der Waals surface area contributed by atoms with Crippen molar-refractivity contribution in [1.82, 2.24) is 14.5 Å². The zero-order valence-electron chi connectivity index (χ0n) is 17.4. The van der Waals surface area contributed by atoms with Gasteiger partial charge in [0.2, 0.25) is 21.8 Å². The quantitative estimate of drug-likeness (QED) is 0.386. The number of amides is 3. The fourth-order valence-corrected chi connectivity index (χ4v) is 5.57. The molecule has 1 aromatic carbocycles. The Hall–Kier alpha value is -2.25. The van der Waals surface area contributed by atoms with Gasteiger partial charge in [0, 0.05) is 45.7 Å². The molecule has 0 aromatic heterocycles. The number of halogens is 1. The number of primary amides is 1. The number of sulfonamides is 1. The molecule has 32 heavy (non-hydrogen) atoms. The highest BCUT2D eigenvalue weighted by molar-refractivity contribution is 7.89. The molecule has 4 N–H and O–H groups in total. The Kier molecular flexibility index (Phi) is 7.72. The maximum Gasteiger partial charge on any atom is 0.250 e. The first-order valence-electron chi connectivity index (χ1n) is 10.2. The molecule has 2 aliphatic rings. The van der Waals surface area contributed by atoms with Gasteiger partial charge in [0.1, 0.15) is 4.90 Å². The second-order valence-corrected chi connectivity index (χ2v) is 9.65. The van der Waals surface area contributed by atoms with Crippen LogP contribution in [0.25, 0.3) is 0 Å². The third-order valence-electron chi connectivity index (χ3n) is 5.50. The van der Waals surface area contributed by atoms with Crippen LogP contribution in [0, 0.1) is 0 Å². The number of benzene rings is 1. The van der Waals surface area contributed by atoms with Crippen molar-refractivity contribution in [2.75, 3.05) is 50.8 Å². The summed E-state index contributed by atoms with van der Waals surface area (Å²) in [7, 11) is -4.42. The van der Waals surface area contributed by atoms with E-state index in [1.807, 2.05) is 4.90 Å². The summed E-state index contributed by atoms with van der Waals surface area (Å²) >= 11 is 6.33. The van der Waals surface area contributed by atoms with Crippen LogP contribution >= 0.6 is 11.6 Å². The number of anilines is 1. The van der Waals surface area contributed by atoms with Crippen LogP contribution in [-0.4, -0.2) is 93.0 Å². The van der Waals surface area contributed by atoms with Crippen LogP contribution in [0.5, 0.6) is 0 Å². The molecule has 3 amide bonds. The van der Waals surface area contributed by atoms with Crippen LogP contribution in [0.3, 0.4) is 0 Å². The molecule has 13 heteroatoms. The number of aliphatic hydroxyl groups is 1. The molecule has 0 bridgehead atoms. The molecule has 1 aromatic rings. The van der Waals surface area contributed by atoms with Crippen LogP contribution in [0.4, 0.5) is 5.69 Å². The van der Waals surface area contributed by atoms with Gasteiger partial charge in [-0.05, 0) is 18.6 Å². The number of carbonyl (C=O) groups excluding carboxylic acids is 3. The number of carbonyl (C=O) groups is 3. The van der Waals surface area contributed by atoms with Crippen molar-refractivity contribution < 1.29 is 27.9 Å². The first kappa shape index (κ1) is 24.4. The summed E-state index contributed by atoms with van der Waals surface area (Å²) in [6.07, 6.45) is 0.976. The number of nitrogens with two attached hydrogens (primary N) is 1. The highest BCUT2D eigenvalue weighted by Crippen LogP contribution is 2.34. The van der Waals surface area contributed by atoms with E-state index in [0.29, 0.717) is 39.0 Å². The van der Waals surface area contributed by atoms with Crippen molar-refractivity contribution in [2.45, 2.75) is 23.8 Å². The van der Waals surface area contributed by atoms with Gasteiger partial charge in [-0.25, -0.2) is 8.42 Å². The van der Waals surface area contributed by atoms with Crippen molar-refractivity contribution >= 4 is 45.0 Å². The third-order valence-corrected chi connectivity index (χ3v) is 7.48. The third kappa shape index (κ3) is 5.21. The Bertz CT molecular complexity index is 996. The average Bonchev–Trinajstić information content (AvgIpc) is 3.18. The van der Waals surface area contributed by atoms with E-state index in [1.165, 1.54) is 28.0 Å². The molecule has 11 nitrogen and oxygen atoms in total. The lowest BCUT2D eigenvalue weighted by Gasteiger charge is -2.35. The van der Waals surface area contributed by atoms with Gasteiger partial charge in [-0.3, -0.25) is 19.3 Å². The summed E-state index contributed by atoms with van der Waals surface area (Å²) in [5, 5.41) is 8.85. The van der Waals surface area contributed by atoms with E-state index in [1.54, 1.807) is 0 Å². The smallest absolute Gasteiger partial charge is 0.250 e. The molecule has 0 radical (unpaired) electrons. The molecule has 0 aliphatic carbocycles. The van der Waals surface area contributed by atoms with Crippen molar-refractivity contribution in [3.8, 4) is 0 Å². The molecule has 2 aliphatic heterocycles. The van der Waals surface area contributed by atoms with E-state index >= 15 is 0 Å². The van der Waals surface area contributed by atoms with Gasteiger partial charge in [0.25, 0.3) is 5.91 Å². The minimum Gasteiger partial charge on any atom is -0.395 e. The summed E-state index contributed by atoms with van der Waals surface area (Å²) in [5.41, 5.74) is 5.60. The minimum atomic E-state index is -4.42. The molecular formula is C19H26ClN5O6S. The van der Waals surface area contributed by atoms with E-state index < -0.39 is 27.9 Å². The van der Waals surface area contributed by atoms with Gasteiger partial charge in [-0.1, -0.05) is 17.7 Å². The van der Waals surface area contributed by atoms with Crippen LogP contribution in [-0.2, 0) is 24.4 Å². The van der Waals surface area contributed by atoms with E-state index in [9.17, 15) is 22.8 Å². The van der Waals surface area contributed by atoms with Gasteiger partial charge in [0.05, 0.1) is 17.3 Å². The number of rotatable bonds is 8. The van der Waals surface area contributed by atoms with Gasteiger partial charge in [-0.15, -0.1) is 0 Å². The monoisotopic (exact) mass is 487 g/mol. The SMILES string of the molecule is NC(=O)[C@H](NS(=O)(=O)c1cccc(N2CCCC2=O)c1Cl)C(=O)N1CCN(CCO)CC1. The van der Waals surface area contributed by atoms with Crippen LogP contribution < -0.4 is 15.4 Å². The van der Waals surface area contributed by atoms with Crippen molar-refractivity contribution in [1.29, 1.82) is 0 Å². The summed E-state index contributed by atoms with van der Waals surface area (Å²) < 4.78 is 28.1. The fourth-order valence-electron chi connectivity index (χ4n) is 3.78. The molecule has 2 heterocycles. The Labute approximate surface area is 191 Å². The van der Waals surface area contributed by atoms with Crippen molar-refractivity contribution in [3.05, 3.63) is 23.2 Å². The topological polar surface area (TPSA) is 153 Å². The lowest BCUT2D eigenvalue weighted by Crippen LogP contribution is -2.58. The number of nitrogens with one attached hydrogen (secondary N) is 1. The summed E-state index contributed by atoms with van der Waals surface area (Å²) in [4.78, 5) is 41.2. The standard InChI is InChI=1S/C19H26ClN5O6S/c20-16-13(25-6-2-5-15(25)27)3-1-4-14(16)32(30,31)22-17(18(21)28)19(29)24-9-7-23(8-10-24)11-12-26/h1,3-4,17,22,26H,2,5-12H2,(H2,21,28)/t17-/m0/s1. The summed E-state index contributed by atoms with van der Waals surface area (Å²) in [6.45, 7) is 2.34. The number of piperazine rings is 1. The molecule has 0 unspecified atom stereocenters. The maximum absolute atomic E-state index is 13.0. The zero-order chi connectivity index (χ0) is 23.5. The van der Waals surface area contributed by atoms with Crippen LogP contribution in [0.1, 0.15) is 12.8 Å². The molecule has 3 rings (SSSR count). The Morgan fingerprint density at radius 2 is 1.88 bits per heavy atom. The average molecular weight is 488 g/mol. The number of hydrogen-bond acceptors (Lipinski definition) is 7. The van der Waals surface area contributed by atoms with E-state index in [-0.39, 0.29) is 41.2 Å². The Morgan fingerprint density at radius 3 is 2.44 bits per heavy atom. The van der Waals surface area contributed by atoms with Crippen molar-refractivity contribution in [3.63, 3.8) is 0 Å². The van der Waals surface area contributed by atoms with E-state index in [4.69, 9.17) is 22.4 Å². The first-order chi connectivity index (χ1) is 15.2. The molecular weight excluding hydrogens is 462 g/mol. The number of aliphatic hydroxyl groups excluding tert-OH is 1. The normalized spacial score (nSPS) is 18.8. The number of nitrogens with zero attached hydrogens (tertiary/aromatic N) is 3. The summed E-state index contributed by atoms with van der Waals surface area (Å²) in [5.74, 6) is -2.06. The largest absolute Gasteiger partial charge is 0.395 e. The number of hydrogen-bond donors (Lipinski definition) is 3. The molecule has 0 spiro atoms. The van der Waals surface area contributed by atoms with E-state index in [0.717, 1.165) is 0 Å². The fraction of sp³-hybridized carbons (Fsp3) is 0.526. The Morgan fingerprint density at radius 1 is 1.19 bits per heavy atom. The molecule has 2 fully saturated rings. The molecule has 1 atom stereocenters. The predicted octanol–water partition coefficient (Wildman–Crippen LogP) is -1.26. The Balaban J connectivity index is 1.80. The van der Waals surface area contributed by atoms with Gasteiger partial charge >= 0.3 is 0 Å². The van der Waals surface area contributed by atoms with Gasteiger partial charge < -0.3 is 20.6 Å². The van der Waals surface area contributed by atoms with Crippen LogP contribution in [0.15, 0.2) is 23.1 Å². The highest BCUT2D eigenvalue weighted by atomic mass is 35.5. The van der Waals surface area contributed by atoms with Crippen molar-refractivity contribution in [2.24, 2.45) is 5.73 Å². The van der Waals surface area contributed by atoms with E-state index in [2.05, 4.69) is 4.72 Å². The molecule has 0 saturated carbocycles. The predicted molar refractivity (Wildman–Crippen MR) is 116 cm³/mol. The lowest BCUT2D eigenvalue weighted by molar-refractivity contribution is -0.139. The summed E-state index contributed by atoms with van der Waals surface area (Å²) in [6, 6.07) is 2.39. The minimum absolute atomic E-state index is 0.0134. The van der Waals surface area contributed by atoms with Gasteiger partial charge in [0.15, 0.2) is 6.04 Å². The second-order valence-electron chi connectivity index (χ2n) is 7.59. The first-order valence-corrected chi connectivity index (χ1v) is 12.0.